The van der Waals surface area contributed by atoms with Gasteiger partial charge in [0, 0.05) is 59.0 Å². The van der Waals surface area contributed by atoms with E-state index in [1.54, 1.807) is 0 Å². The highest BCUT2D eigenvalue weighted by Gasteiger charge is 2.23. The van der Waals surface area contributed by atoms with E-state index in [9.17, 15) is 0 Å². The standard InChI is InChI=1S/C44H26N6S/c1-2-12-27(13-3-1)42-46-43(48-44(47-42)50-34-18-8-4-14-28(34)29-15-5-9-19-35(29)50)32-16-6-10-20-36(32)49-37-26-45-25-24-30(37)31-22-23-39-40(41(31)49)33-17-7-11-21-38(33)51-39/h1-26H. The topological polar surface area (TPSA) is 61.4 Å². The summed E-state index contributed by atoms with van der Waals surface area (Å²) in [5.74, 6) is 1.78. The molecule has 0 unspecified atom stereocenters. The molecule has 11 rings (SSSR count). The van der Waals surface area contributed by atoms with Crippen molar-refractivity contribution in [2.45, 2.75) is 0 Å². The molecule has 5 heterocycles. The molecule has 11 aromatic rings. The van der Waals surface area contributed by atoms with Crippen molar-refractivity contribution in [2.75, 3.05) is 0 Å². The fourth-order valence-corrected chi connectivity index (χ4v) is 8.82. The minimum absolute atomic E-state index is 0.571. The lowest BCUT2D eigenvalue weighted by Gasteiger charge is -2.15. The number of pyridine rings is 1. The van der Waals surface area contributed by atoms with E-state index in [1.807, 2.05) is 41.9 Å². The van der Waals surface area contributed by atoms with E-state index in [4.69, 9.17) is 15.0 Å². The first kappa shape index (κ1) is 28.2. The van der Waals surface area contributed by atoms with Crippen LogP contribution in [0.4, 0.5) is 0 Å². The van der Waals surface area contributed by atoms with Crippen LogP contribution in [0.15, 0.2) is 158 Å². The van der Waals surface area contributed by atoms with E-state index in [0.717, 1.165) is 55.0 Å². The zero-order valence-electron chi connectivity index (χ0n) is 27.1. The SMILES string of the molecule is c1ccc(-c2nc(-c3ccccc3-n3c4cnccc4c4ccc5sc6ccccc6c5c43)nc(-n3c4ccccc4c4ccccc43)n2)cc1. The van der Waals surface area contributed by atoms with Gasteiger partial charge in [-0.05, 0) is 42.5 Å². The molecule has 0 fully saturated rings. The number of fused-ring (bicyclic) bond motifs is 10. The minimum atomic E-state index is 0.571. The zero-order valence-corrected chi connectivity index (χ0v) is 27.9. The number of nitrogens with zero attached hydrogens (tertiary/aromatic N) is 6. The van der Waals surface area contributed by atoms with Crippen LogP contribution in [0, 0.1) is 0 Å². The molecule has 51 heavy (non-hydrogen) atoms. The van der Waals surface area contributed by atoms with Crippen LogP contribution in [-0.4, -0.2) is 29.1 Å². The summed E-state index contributed by atoms with van der Waals surface area (Å²) >= 11 is 1.83. The van der Waals surface area contributed by atoms with Gasteiger partial charge >= 0.3 is 0 Å². The van der Waals surface area contributed by atoms with Gasteiger partial charge in [-0.1, -0.05) is 103 Å². The van der Waals surface area contributed by atoms with E-state index in [-0.39, 0.29) is 0 Å². The van der Waals surface area contributed by atoms with Gasteiger partial charge in [-0.2, -0.15) is 9.97 Å². The molecule has 0 aliphatic carbocycles. The molecule has 0 N–H and O–H groups in total. The first-order chi connectivity index (χ1) is 25.3. The Balaban J connectivity index is 1.25. The van der Waals surface area contributed by atoms with Gasteiger partial charge in [-0.15, -0.1) is 11.3 Å². The van der Waals surface area contributed by atoms with E-state index < -0.39 is 0 Å². The molecule has 0 atom stereocenters. The highest BCUT2D eigenvalue weighted by atomic mass is 32.1. The van der Waals surface area contributed by atoms with E-state index >= 15 is 0 Å². The van der Waals surface area contributed by atoms with Crippen LogP contribution in [0.1, 0.15) is 0 Å². The number of hydrogen-bond acceptors (Lipinski definition) is 5. The molecular weight excluding hydrogens is 645 g/mol. The third kappa shape index (κ3) is 4.16. The summed E-state index contributed by atoms with van der Waals surface area (Å²) in [7, 11) is 0. The second-order valence-corrected chi connectivity index (χ2v) is 13.8. The summed E-state index contributed by atoms with van der Waals surface area (Å²) < 4.78 is 7.04. The molecule has 238 valence electrons. The Labute approximate surface area is 295 Å². The Hall–Kier alpha value is -6.70. The molecule has 6 aromatic carbocycles. The molecule has 0 amide bonds. The van der Waals surface area contributed by atoms with Crippen molar-refractivity contribution >= 4 is 75.1 Å². The minimum Gasteiger partial charge on any atom is -0.306 e. The quantitative estimate of drug-likeness (QED) is 0.187. The second-order valence-electron chi connectivity index (χ2n) is 12.7. The Morgan fingerprint density at radius 1 is 0.451 bits per heavy atom. The number of benzene rings is 6. The maximum Gasteiger partial charge on any atom is 0.238 e. The van der Waals surface area contributed by atoms with Crippen LogP contribution in [0.5, 0.6) is 0 Å². The van der Waals surface area contributed by atoms with Gasteiger partial charge in [0.1, 0.15) is 0 Å². The van der Waals surface area contributed by atoms with Crippen LogP contribution in [-0.2, 0) is 0 Å². The van der Waals surface area contributed by atoms with Crippen molar-refractivity contribution in [3.63, 3.8) is 0 Å². The van der Waals surface area contributed by atoms with E-state index in [2.05, 4.69) is 142 Å². The van der Waals surface area contributed by atoms with Gasteiger partial charge < -0.3 is 4.57 Å². The maximum atomic E-state index is 5.32. The molecule has 0 saturated carbocycles. The van der Waals surface area contributed by atoms with Gasteiger partial charge in [0.25, 0.3) is 0 Å². The third-order valence-electron chi connectivity index (χ3n) is 9.89. The molecule has 0 aliphatic heterocycles. The van der Waals surface area contributed by atoms with Crippen molar-refractivity contribution in [1.29, 1.82) is 0 Å². The van der Waals surface area contributed by atoms with Crippen molar-refractivity contribution < 1.29 is 0 Å². The average Bonchev–Trinajstić information content (AvgIpc) is 3.86. The van der Waals surface area contributed by atoms with Gasteiger partial charge in [0.05, 0.1) is 34.0 Å². The third-order valence-corrected chi connectivity index (χ3v) is 11.0. The van der Waals surface area contributed by atoms with Crippen LogP contribution >= 0.6 is 11.3 Å². The lowest BCUT2D eigenvalue weighted by Crippen LogP contribution is -2.07. The summed E-state index contributed by atoms with van der Waals surface area (Å²) in [4.78, 5) is 20.3. The van der Waals surface area contributed by atoms with Crippen LogP contribution in [0.25, 0.3) is 98.2 Å². The van der Waals surface area contributed by atoms with Gasteiger partial charge in [0.15, 0.2) is 11.6 Å². The van der Waals surface area contributed by atoms with Crippen LogP contribution < -0.4 is 0 Å². The predicted molar refractivity (Wildman–Crippen MR) is 210 cm³/mol. The summed E-state index contributed by atoms with van der Waals surface area (Å²) in [5.41, 5.74) is 7.08. The van der Waals surface area contributed by atoms with Gasteiger partial charge in [-0.3, -0.25) is 9.55 Å². The lowest BCUT2D eigenvalue weighted by atomic mass is 10.1. The molecule has 6 nitrogen and oxygen atoms in total. The molecule has 5 aromatic heterocycles. The smallest absolute Gasteiger partial charge is 0.238 e. The Bertz CT molecular complexity index is 3100. The first-order valence-electron chi connectivity index (χ1n) is 16.9. The van der Waals surface area contributed by atoms with Gasteiger partial charge in [0.2, 0.25) is 5.95 Å². The molecular formula is C44H26N6S. The molecule has 0 spiro atoms. The van der Waals surface area contributed by atoms with Crippen molar-refractivity contribution in [3.05, 3.63) is 158 Å². The summed E-state index contributed by atoms with van der Waals surface area (Å²) in [6, 6.07) is 50.8. The highest BCUT2D eigenvalue weighted by molar-refractivity contribution is 7.26. The number of thiophene rings is 1. The van der Waals surface area contributed by atoms with E-state index in [1.165, 1.54) is 25.6 Å². The normalized spacial score (nSPS) is 11.9. The Morgan fingerprint density at radius 2 is 1.12 bits per heavy atom. The average molecular weight is 671 g/mol. The maximum absolute atomic E-state index is 5.32. The van der Waals surface area contributed by atoms with Crippen LogP contribution in [0.3, 0.4) is 0 Å². The molecule has 0 bridgehead atoms. The van der Waals surface area contributed by atoms with Gasteiger partial charge in [-0.25, -0.2) is 4.98 Å². The fraction of sp³-hybridized carbons (Fsp3) is 0. The summed E-state index contributed by atoms with van der Waals surface area (Å²) in [5, 5.41) is 7.13. The zero-order chi connectivity index (χ0) is 33.5. The Morgan fingerprint density at radius 3 is 1.94 bits per heavy atom. The monoisotopic (exact) mass is 670 g/mol. The largest absolute Gasteiger partial charge is 0.306 e. The van der Waals surface area contributed by atoms with Crippen molar-refractivity contribution in [2.24, 2.45) is 0 Å². The molecule has 7 heteroatoms. The predicted octanol–water partition coefficient (Wildman–Crippen LogP) is 11.2. The lowest BCUT2D eigenvalue weighted by molar-refractivity contribution is 0.951. The second kappa shape index (κ2) is 10.9. The molecule has 0 saturated heterocycles. The van der Waals surface area contributed by atoms with Crippen molar-refractivity contribution in [3.8, 4) is 34.4 Å². The number of para-hydroxylation sites is 3. The molecule has 0 aliphatic rings. The van der Waals surface area contributed by atoms with E-state index in [0.29, 0.717) is 17.6 Å². The summed E-state index contributed by atoms with van der Waals surface area (Å²) in [6.45, 7) is 0. The fourth-order valence-electron chi connectivity index (χ4n) is 7.71. The summed E-state index contributed by atoms with van der Waals surface area (Å²) in [6.07, 6.45) is 3.85. The molecule has 0 radical (unpaired) electrons. The first-order valence-corrected chi connectivity index (χ1v) is 17.7. The number of rotatable bonds is 4. The highest BCUT2D eigenvalue weighted by Crippen LogP contribution is 2.44. The Kier molecular flexibility index (Phi) is 6.02. The number of aromatic nitrogens is 6. The number of hydrogen-bond donors (Lipinski definition) is 0. The van der Waals surface area contributed by atoms with Crippen molar-refractivity contribution in [1.82, 2.24) is 29.1 Å². The van der Waals surface area contributed by atoms with Crippen LogP contribution in [0.2, 0.25) is 0 Å².